The van der Waals surface area contributed by atoms with E-state index in [1.165, 1.54) is 19.3 Å². The van der Waals surface area contributed by atoms with E-state index in [-0.39, 0.29) is 5.97 Å². The molecule has 0 bridgehead atoms. The summed E-state index contributed by atoms with van der Waals surface area (Å²) >= 11 is 0. The van der Waals surface area contributed by atoms with Crippen LogP contribution in [0.1, 0.15) is 41.6 Å². The molecule has 0 radical (unpaired) electrons. The van der Waals surface area contributed by atoms with Crippen LogP contribution in [0, 0.1) is 6.92 Å². The Kier molecular flexibility index (Phi) is 5.01. The van der Waals surface area contributed by atoms with Gasteiger partial charge in [0, 0.05) is 11.7 Å². The Bertz CT molecular complexity index is 474. The predicted octanol–water partition coefficient (Wildman–Crippen LogP) is 2.61. The highest BCUT2D eigenvalue weighted by Gasteiger charge is 2.19. The number of carbonyl (C=O) groups is 1. The summed E-state index contributed by atoms with van der Waals surface area (Å²) in [5.74, 6) is -0.249. The van der Waals surface area contributed by atoms with Crippen LogP contribution in [0.25, 0.3) is 0 Å². The molecule has 0 amide bonds. The first kappa shape index (κ1) is 14.9. The van der Waals surface area contributed by atoms with E-state index in [2.05, 4.69) is 11.9 Å². The number of aryl methyl sites for hydroxylation is 1. The number of benzene rings is 1. The summed E-state index contributed by atoms with van der Waals surface area (Å²) in [4.78, 5) is 14.4. The summed E-state index contributed by atoms with van der Waals surface area (Å²) in [6.45, 7) is 3.51. The molecule has 0 spiro atoms. The highest BCUT2D eigenvalue weighted by molar-refractivity contribution is 5.91. The lowest BCUT2D eigenvalue weighted by Crippen LogP contribution is -2.37. The van der Waals surface area contributed by atoms with E-state index < -0.39 is 0 Å². The van der Waals surface area contributed by atoms with Crippen molar-refractivity contribution in [1.29, 1.82) is 0 Å². The fourth-order valence-electron chi connectivity index (χ4n) is 2.79. The quantitative estimate of drug-likeness (QED) is 0.678. The van der Waals surface area contributed by atoms with Crippen LogP contribution >= 0.6 is 0 Å². The molecular weight excluding hydrogens is 252 g/mol. The Morgan fingerprint density at radius 3 is 2.95 bits per heavy atom. The Hall–Kier alpha value is -1.55. The molecule has 0 saturated carbocycles. The van der Waals surface area contributed by atoms with Gasteiger partial charge in [-0.05, 0) is 63.5 Å². The Morgan fingerprint density at radius 2 is 2.25 bits per heavy atom. The van der Waals surface area contributed by atoms with Crippen molar-refractivity contribution in [3.05, 3.63) is 29.3 Å². The van der Waals surface area contributed by atoms with E-state index in [0.29, 0.717) is 23.9 Å². The SMILES string of the molecule is Cc1cc(N)ccc1C(=O)OCCC1CCCCN1C. The van der Waals surface area contributed by atoms with Crippen LogP contribution in [-0.4, -0.2) is 37.1 Å². The van der Waals surface area contributed by atoms with E-state index in [1.54, 1.807) is 18.2 Å². The van der Waals surface area contributed by atoms with E-state index >= 15 is 0 Å². The molecule has 2 rings (SSSR count). The lowest BCUT2D eigenvalue weighted by atomic mass is 10.0. The third kappa shape index (κ3) is 3.73. The van der Waals surface area contributed by atoms with Gasteiger partial charge in [-0.15, -0.1) is 0 Å². The molecule has 1 aliphatic rings. The van der Waals surface area contributed by atoms with Crippen molar-refractivity contribution < 1.29 is 9.53 Å². The summed E-state index contributed by atoms with van der Waals surface area (Å²) in [7, 11) is 2.15. The molecule has 1 fully saturated rings. The molecule has 1 unspecified atom stereocenters. The van der Waals surface area contributed by atoms with Crippen molar-refractivity contribution in [1.82, 2.24) is 4.90 Å². The molecule has 110 valence electrons. The van der Waals surface area contributed by atoms with E-state index in [9.17, 15) is 4.79 Å². The van der Waals surface area contributed by atoms with E-state index in [4.69, 9.17) is 10.5 Å². The molecule has 4 nitrogen and oxygen atoms in total. The molecule has 1 atom stereocenters. The molecule has 4 heteroatoms. The Balaban J connectivity index is 1.83. The lowest BCUT2D eigenvalue weighted by Gasteiger charge is -2.32. The minimum absolute atomic E-state index is 0.249. The summed E-state index contributed by atoms with van der Waals surface area (Å²) in [6, 6.07) is 5.81. The van der Waals surface area contributed by atoms with Crippen molar-refractivity contribution in [2.75, 3.05) is 25.9 Å². The maximum Gasteiger partial charge on any atom is 0.338 e. The van der Waals surface area contributed by atoms with Crippen LogP contribution in [0.4, 0.5) is 5.69 Å². The third-order valence-electron chi connectivity index (χ3n) is 4.08. The molecule has 1 aliphatic heterocycles. The van der Waals surface area contributed by atoms with Crippen molar-refractivity contribution >= 4 is 11.7 Å². The average molecular weight is 276 g/mol. The molecule has 20 heavy (non-hydrogen) atoms. The number of likely N-dealkylation sites (tertiary alicyclic amines) is 1. The average Bonchev–Trinajstić information content (AvgIpc) is 2.40. The summed E-state index contributed by atoms with van der Waals surface area (Å²) < 4.78 is 5.39. The Labute approximate surface area is 120 Å². The van der Waals surface area contributed by atoms with Gasteiger partial charge in [0.15, 0.2) is 0 Å². The molecule has 0 aliphatic carbocycles. The van der Waals surface area contributed by atoms with Crippen molar-refractivity contribution in [3.63, 3.8) is 0 Å². The lowest BCUT2D eigenvalue weighted by molar-refractivity contribution is 0.0449. The molecule has 1 heterocycles. The summed E-state index contributed by atoms with van der Waals surface area (Å²) in [5.41, 5.74) is 7.83. The second kappa shape index (κ2) is 6.75. The van der Waals surface area contributed by atoms with Gasteiger partial charge in [-0.25, -0.2) is 4.79 Å². The predicted molar refractivity (Wildman–Crippen MR) is 80.8 cm³/mol. The molecule has 1 aromatic carbocycles. The minimum Gasteiger partial charge on any atom is -0.462 e. The number of nitrogens with two attached hydrogens (primary N) is 1. The van der Waals surface area contributed by atoms with Gasteiger partial charge in [0.2, 0.25) is 0 Å². The zero-order valence-corrected chi connectivity index (χ0v) is 12.4. The number of nitrogens with zero attached hydrogens (tertiary/aromatic N) is 1. The second-order valence-corrected chi connectivity index (χ2v) is 5.63. The fourth-order valence-corrected chi connectivity index (χ4v) is 2.79. The molecular formula is C16H24N2O2. The standard InChI is InChI=1S/C16H24N2O2/c1-12-11-13(17)6-7-15(12)16(19)20-10-8-14-5-3-4-9-18(14)2/h6-7,11,14H,3-5,8-10,17H2,1-2H3. The number of ether oxygens (including phenoxy) is 1. The molecule has 0 aromatic heterocycles. The van der Waals surface area contributed by atoms with E-state index in [0.717, 1.165) is 18.5 Å². The van der Waals surface area contributed by atoms with Crippen molar-refractivity contribution in [2.45, 2.75) is 38.6 Å². The number of anilines is 1. The highest BCUT2D eigenvalue weighted by Crippen LogP contribution is 2.18. The first-order valence-electron chi connectivity index (χ1n) is 7.31. The largest absolute Gasteiger partial charge is 0.462 e. The maximum absolute atomic E-state index is 12.0. The molecule has 1 saturated heterocycles. The number of nitrogen functional groups attached to an aromatic ring is 1. The number of hydrogen-bond donors (Lipinski definition) is 1. The third-order valence-corrected chi connectivity index (χ3v) is 4.08. The van der Waals surface area contributed by atoms with Gasteiger partial charge in [-0.1, -0.05) is 6.42 Å². The maximum atomic E-state index is 12.0. The second-order valence-electron chi connectivity index (χ2n) is 5.63. The van der Waals surface area contributed by atoms with Gasteiger partial charge < -0.3 is 15.4 Å². The van der Waals surface area contributed by atoms with Gasteiger partial charge in [-0.3, -0.25) is 0 Å². The first-order chi connectivity index (χ1) is 9.58. The topological polar surface area (TPSA) is 55.6 Å². The van der Waals surface area contributed by atoms with E-state index in [1.807, 2.05) is 6.92 Å². The van der Waals surface area contributed by atoms with Crippen LogP contribution in [0.3, 0.4) is 0 Å². The number of carbonyl (C=O) groups excluding carboxylic acids is 1. The van der Waals surface area contributed by atoms with Crippen molar-refractivity contribution in [3.8, 4) is 0 Å². The number of hydrogen-bond acceptors (Lipinski definition) is 4. The normalized spacial score (nSPS) is 19.8. The van der Waals surface area contributed by atoms with Gasteiger partial charge >= 0.3 is 5.97 Å². The van der Waals surface area contributed by atoms with Crippen LogP contribution in [0.2, 0.25) is 0 Å². The minimum atomic E-state index is -0.249. The van der Waals surface area contributed by atoms with Gasteiger partial charge in [0.25, 0.3) is 0 Å². The fraction of sp³-hybridized carbons (Fsp3) is 0.562. The Morgan fingerprint density at radius 1 is 1.45 bits per heavy atom. The summed E-state index contributed by atoms with van der Waals surface area (Å²) in [6.07, 6.45) is 4.67. The summed E-state index contributed by atoms with van der Waals surface area (Å²) in [5, 5.41) is 0. The van der Waals surface area contributed by atoms with Crippen LogP contribution < -0.4 is 5.73 Å². The van der Waals surface area contributed by atoms with Gasteiger partial charge in [0.05, 0.1) is 12.2 Å². The van der Waals surface area contributed by atoms with Crippen LogP contribution in [-0.2, 0) is 4.74 Å². The van der Waals surface area contributed by atoms with Gasteiger partial charge in [0.1, 0.15) is 0 Å². The zero-order valence-electron chi connectivity index (χ0n) is 12.4. The number of rotatable bonds is 4. The zero-order chi connectivity index (χ0) is 14.5. The monoisotopic (exact) mass is 276 g/mol. The van der Waals surface area contributed by atoms with Crippen LogP contribution in [0.5, 0.6) is 0 Å². The first-order valence-corrected chi connectivity index (χ1v) is 7.31. The van der Waals surface area contributed by atoms with Crippen molar-refractivity contribution in [2.24, 2.45) is 0 Å². The molecule has 1 aromatic rings. The number of piperidine rings is 1. The highest BCUT2D eigenvalue weighted by atomic mass is 16.5. The molecule has 2 N–H and O–H groups in total. The smallest absolute Gasteiger partial charge is 0.338 e. The van der Waals surface area contributed by atoms with Crippen LogP contribution in [0.15, 0.2) is 18.2 Å². The van der Waals surface area contributed by atoms with Gasteiger partial charge in [-0.2, -0.15) is 0 Å². The number of esters is 1.